The second-order valence-electron chi connectivity index (χ2n) is 7.94. The van der Waals surface area contributed by atoms with Crippen LogP contribution in [0.4, 0.5) is 4.39 Å². The Bertz CT molecular complexity index is 1010. The lowest BCUT2D eigenvalue weighted by Crippen LogP contribution is -2.43. The smallest absolute Gasteiger partial charge is 0.233 e. The molecule has 2 atom stereocenters. The Morgan fingerprint density at radius 3 is 2.38 bits per heavy atom. The fourth-order valence-corrected chi connectivity index (χ4v) is 4.97. The molecule has 6 heteroatoms. The quantitative estimate of drug-likeness (QED) is 0.567. The van der Waals surface area contributed by atoms with Crippen LogP contribution >= 0.6 is 11.8 Å². The fourth-order valence-electron chi connectivity index (χ4n) is 4.09. The van der Waals surface area contributed by atoms with Gasteiger partial charge in [-0.1, -0.05) is 49.9 Å². The van der Waals surface area contributed by atoms with Crippen molar-refractivity contribution in [3.63, 3.8) is 0 Å². The maximum absolute atomic E-state index is 13.3. The van der Waals surface area contributed by atoms with Crippen molar-refractivity contribution in [3.8, 4) is 11.3 Å². The molecule has 0 radical (unpaired) electrons. The Morgan fingerprint density at radius 1 is 1.03 bits per heavy atom. The average Bonchev–Trinajstić information content (AvgIpc) is 2.72. The molecule has 4 nitrogen and oxygen atoms in total. The second-order valence-corrected chi connectivity index (χ2v) is 8.90. The summed E-state index contributed by atoms with van der Waals surface area (Å²) in [5.74, 6) is 1.32. The summed E-state index contributed by atoms with van der Waals surface area (Å²) < 4.78 is 13.3. The number of piperidine rings is 1. The SMILES string of the molecule is CC1CC(C)CN(C(=O)CSc2nnc(-c3ccc(F)cc3)c3ccccc23)C1. The molecular formula is C23H24FN3OS. The van der Waals surface area contributed by atoms with Crippen molar-refractivity contribution in [2.45, 2.75) is 25.3 Å². The van der Waals surface area contributed by atoms with Crippen LogP contribution in [0, 0.1) is 17.7 Å². The molecule has 1 fully saturated rings. The lowest BCUT2D eigenvalue weighted by atomic mass is 9.92. The highest BCUT2D eigenvalue weighted by Crippen LogP contribution is 2.32. The van der Waals surface area contributed by atoms with Gasteiger partial charge in [-0.15, -0.1) is 10.2 Å². The van der Waals surface area contributed by atoms with E-state index in [-0.39, 0.29) is 11.7 Å². The molecule has 29 heavy (non-hydrogen) atoms. The topological polar surface area (TPSA) is 46.1 Å². The number of carbonyl (C=O) groups is 1. The van der Waals surface area contributed by atoms with Gasteiger partial charge in [0.2, 0.25) is 5.91 Å². The van der Waals surface area contributed by atoms with Crippen LogP contribution in [0.3, 0.4) is 0 Å². The van der Waals surface area contributed by atoms with Crippen LogP contribution < -0.4 is 0 Å². The first-order chi connectivity index (χ1) is 14.0. The highest BCUT2D eigenvalue weighted by Gasteiger charge is 2.25. The van der Waals surface area contributed by atoms with Gasteiger partial charge in [0.15, 0.2) is 0 Å². The molecule has 0 N–H and O–H groups in total. The van der Waals surface area contributed by atoms with Crippen LogP contribution in [0.25, 0.3) is 22.0 Å². The number of halogens is 1. The van der Waals surface area contributed by atoms with Gasteiger partial charge in [0.05, 0.1) is 5.75 Å². The van der Waals surface area contributed by atoms with E-state index in [1.54, 1.807) is 12.1 Å². The lowest BCUT2D eigenvalue weighted by Gasteiger charge is -2.35. The van der Waals surface area contributed by atoms with Gasteiger partial charge in [0, 0.05) is 29.4 Å². The molecule has 1 saturated heterocycles. The highest BCUT2D eigenvalue weighted by molar-refractivity contribution is 8.00. The Balaban J connectivity index is 1.56. The zero-order valence-corrected chi connectivity index (χ0v) is 17.5. The molecule has 3 aromatic rings. The van der Waals surface area contributed by atoms with Crippen LogP contribution in [-0.4, -0.2) is 39.8 Å². The lowest BCUT2D eigenvalue weighted by molar-refractivity contribution is -0.130. The maximum atomic E-state index is 13.3. The van der Waals surface area contributed by atoms with E-state index in [2.05, 4.69) is 24.0 Å². The Morgan fingerprint density at radius 2 is 1.69 bits per heavy atom. The average molecular weight is 410 g/mol. The van der Waals surface area contributed by atoms with E-state index >= 15 is 0 Å². The molecule has 1 amide bonds. The van der Waals surface area contributed by atoms with E-state index < -0.39 is 0 Å². The molecule has 1 aliphatic heterocycles. The van der Waals surface area contributed by atoms with Gasteiger partial charge in [-0.05, 0) is 42.5 Å². The van der Waals surface area contributed by atoms with E-state index in [1.807, 2.05) is 29.2 Å². The number of nitrogens with zero attached hydrogens (tertiary/aromatic N) is 3. The van der Waals surface area contributed by atoms with Gasteiger partial charge in [0.25, 0.3) is 0 Å². The second kappa shape index (κ2) is 8.49. The summed E-state index contributed by atoms with van der Waals surface area (Å²) in [5.41, 5.74) is 1.54. The minimum Gasteiger partial charge on any atom is -0.341 e. The molecule has 1 aliphatic rings. The van der Waals surface area contributed by atoms with Crippen LogP contribution in [0.1, 0.15) is 20.3 Å². The summed E-state index contributed by atoms with van der Waals surface area (Å²) in [4.78, 5) is 14.7. The molecule has 0 spiro atoms. The molecule has 4 rings (SSSR count). The minimum absolute atomic E-state index is 0.155. The van der Waals surface area contributed by atoms with Crippen molar-refractivity contribution in [2.75, 3.05) is 18.8 Å². The van der Waals surface area contributed by atoms with Crippen molar-refractivity contribution < 1.29 is 9.18 Å². The van der Waals surface area contributed by atoms with Gasteiger partial charge in [0.1, 0.15) is 16.5 Å². The van der Waals surface area contributed by atoms with E-state index in [1.165, 1.54) is 30.3 Å². The van der Waals surface area contributed by atoms with Gasteiger partial charge < -0.3 is 4.90 Å². The van der Waals surface area contributed by atoms with Crippen molar-refractivity contribution in [3.05, 3.63) is 54.3 Å². The number of carbonyl (C=O) groups excluding carboxylic acids is 1. The molecule has 150 valence electrons. The van der Waals surface area contributed by atoms with E-state index in [4.69, 9.17) is 0 Å². The number of hydrogen-bond donors (Lipinski definition) is 0. The fraction of sp³-hybridized carbons (Fsp3) is 0.348. The Hall–Kier alpha value is -2.47. The molecule has 2 unspecified atom stereocenters. The van der Waals surface area contributed by atoms with Crippen molar-refractivity contribution >= 4 is 28.4 Å². The number of benzene rings is 2. The van der Waals surface area contributed by atoms with Gasteiger partial charge in [-0.25, -0.2) is 4.39 Å². The summed E-state index contributed by atoms with van der Waals surface area (Å²) in [6.07, 6.45) is 1.18. The third kappa shape index (κ3) is 4.42. The number of rotatable bonds is 4. The van der Waals surface area contributed by atoms with Gasteiger partial charge in [-0.2, -0.15) is 0 Å². The molecule has 1 aromatic heterocycles. The van der Waals surface area contributed by atoms with Crippen LogP contribution in [0.2, 0.25) is 0 Å². The predicted molar refractivity (Wildman–Crippen MR) is 115 cm³/mol. The molecule has 2 heterocycles. The normalized spacial score (nSPS) is 19.5. The molecule has 2 aromatic carbocycles. The first-order valence-corrected chi connectivity index (χ1v) is 10.9. The number of fused-ring (bicyclic) bond motifs is 1. The number of aromatic nitrogens is 2. The van der Waals surface area contributed by atoms with Crippen molar-refractivity contribution in [1.82, 2.24) is 15.1 Å². The largest absolute Gasteiger partial charge is 0.341 e. The molecule has 0 saturated carbocycles. The van der Waals surface area contributed by atoms with Gasteiger partial charge >= 0.3 is 0 Å². The van der Waals surface area contributed by atoms with E-state index in [0.717, 1.165) is 40.1 Å². The van der Waals surface area contributed by atoms with Crippen molar-refractivity contribution in [1.29, 1.82) is 0 Å². The summed E-state index contributed by atoms with van der Waals surface area (Å²) in [6.45, 7) is 6.08. The van der Waals surface area contributed by atoms with E-state index in [9.17, 15) is 9.18 Å². The third-order valence-electron chi connectivity index (χ3n) is 5.33. The summed E-state index contributed by atoms with van der Waals surface area (Å²) in [5, 5.41) is 11.5. The zero-order valence-electron chi connectivity index (χ0n) is 16.6. The number of likely N-dealkylation sites (tertiary alicyclic amines) is 1. The standard InChI is InChI=1S/C23H24FN3OS/c1-15-11-16(2)13-27(12-15)21(28)14-29-23-20-6-4-3-5-19(20)22(25-26-23)17-7-9-18(24)10-8-17/h3-10,15-16H,11-14H2,1-2H3. The first kappa shape index (κ1) is 19.8. The van der Waals surface area contributed by atoms with Gasteiger partial charge in [-0.3, -0.25) is 4.79 Å². The minimum atomic E-state index is -0.280. The molecule has 0 aliphatic carbocycles. The number of thioether (sulfide) groups is 1. The molecule has 0 bridgehead atoms. The van der Waals surface area contributed by atoms with Crippen molar-refractivity contribution in [2.24, 2.45) is 11.8 Å². The maximum Gasteiger partial charge on any atom is 0.233 e. The third-order valence-corrected chi connectivity index (χ3v) is 6.29. The molecular weight excluding hydrogens is 385 g/mol. The van der Waals surface area contributed by atoms with Crippen LogP contribution in [-0.2, 0) is 4.79 Å². The summed E-state index contributed by atoms with van der Waals surface area (Å²) in [7, 11) is 0. The van der Waals surface area contributed by atoms with Crippen LogP contribution in [0.15, 0.2) is 53.6 Å². The van der Waals surface area contributed by atoms with Crippen LogP contribution in [0.5, 0.6) is 0 Å². The summed E-state index contributed by atoms with van der Waals surface area (Å²) in [6, 6.07) is 14.2. The Labute approximate surface area is 174 Å². The zero-order chi connectivity index (χ0) is 20.4. The van der Waals surface area contributed by atoms with E-state index in [0.29, 0.717) is 17.6 Å². The highest BCUT2D eigenvalue weighted by atomic mass is 32.2. The first-order valence-electron chi connectivity index (χ1n) is 9.93. The summed E-state index contributed by atoms with van der Waals surface area (Å²) >= 11 is 1.44. The number of amides is 1. The monoisotopic (exact) mass is 409 g/mol. The predicted octanol–water partition coefficient (Wildman–Crippen LogP) is 5.03. The number of hydrogen-bond acceptors (Lipinski definition) is 4. The Kier molecular flexibility index (Phi) is 5.81.